The molecule has 0 heterocycles. The van der Waals surface area contributed by atoms with Crippen LogP contribution in [0.2, 0.25) is 5.04 Å². The first-order chi connectivity index (χ1) is 6.64. The number of hydrogen-bond acceptors (Lipinski definition) is 3. The molecule has 0 aromatic rings. The largest absolute Gasteiger partial charge is 0.506 e. The first-order valence-electron chi connectivity index (χ1n) is 5.29. The molecule has 0 radical (unpaired) electrons. The molecule has 0 aliphatic rings. The van der Waals surface area contributed by atoms with Gasteiger partial charge in [-0.3, -0.25) is 0 Å². The Morgan fingerprint density at radius 2 is 1.13 bits per heavy atom. The van der Waals surface area contributed by atoms with Crippen LogP contribution >= 0.6 is 0 Å². The first kappa shape index (κ1) is 15.1. The fourth-order valence-electron chi connectivity index (χ4n) is 2.51. The molecule has 0 atom stereocenters. The van der Waals surface area contributed by atoms with Crippen LogP contribution in [0.4, 0.5) is 0 Å². The summed E-state index contributed by atoms with van der Waals surface area (Å²) in [6.07, 6.45) is 1.00. The fraction of sp³-hybridized carbons (Fsp3) is 1.00. The Morgan fingerprint density at radius 1 is 0.800 bits per heavy atom. The van der Waals surface area contributed by atoms with Gasteiger partial charge in [0.15, 0.2) is 0 Å². The van der Waals surface area contributed by atoms with E-state index in [-0.39, 0.29) is 10.5 Å². The Balaban J connectivity index is 4.95. The highest BCUT2D eigenvalue weighted by molar-refractivity contribution is 6.64. The lowest BCUT2D eigenvalue weighted by Gasteiger charge is -2.41. The van der Waals surface area contributed by atoms with Crippen LogP contribution in [0.25, 0.3) is 0 Å². The predicted molar refractivity (Wildman–Crippen MR) is 64.9 cm³/mol. The molecule has 0 saturated heterocycles. The van der Waals surface area contributed by atoms with E-state index in [4.69, 9.17) is 13.3 Å². The lowest BCUT2D eigenvalue weighted by atomic mass is 9.86. The van der Waals surface area contributed by atoms with Gasteiger partial charge >= 0.3 is 8.80 Å². The van der Waals surface area contributed by atoms with Crippen LogP contribution in [-0.2, 0) is 13.3 Å². The molecular formula is C11H26O3Si. The molecule has 92 valence electrons. The Bertz CT molecular complexity index is 184. The van der Waals surface area contributed by atoms with Gasteiger partial charge in [-0.05, 0) is 11.8 Å². The highest BCUT2D eigenvalue weighted by Gasteiger charge is 2.54. The molecule has 0 N–H and O–H groups in total. The maximum absolute atomic E-state index is 5.54. The summed E-state index contributed by atoms with van der Waals surface area (Å²) < 4.78 is 16.6. The Morgan fingerprint density at radius 3 is 1.33 bits per heavy atom. The quantitative estimate of drug-likeness (QED) is 0.684. The van der Waals surface area contributed by atoms with Crippen molar-refractivity contribution in [2.24, 2.45) is 5.41 Å². The minimum absolute atomic E-state index is 0.0799. The molecule has 0 fully saturated rings. The molecule has 0 saturated carbocycles. The summed E-state index contributed by atoms with van der Waals surface area (Å²) in [5.74, 6) is 0. The van der Waals surface area contributed by atoms with E-state index in [0.29, 0.717) is 0 Å². The second-order valence-corrected chi connectivity index (χ2v) is 9.48. The van der Waals surface area contributed by atoms with Crippen molar-refractivity contribution in [3.63, 3.8) is 0 Å². The van der Waals surface area contributed by atoms with Gasteiger partial charge in [0.2, 0.25) is 0 Å². The van der Waals surface area contributed by atoms with Gasteiger partial charge in [0.25, 0.3) is 0 Å². The van der Waals surface area contributed by atoms with Gasteiger partial charge < -0.3 is 13.3 Å². The Labute approximate surface area is 95.5 Å². The molecular weight excluding hydrogens is 208 g/mol. The van der Waals surface area contributed by atoms with E-state index in [1.165, 1.54) is 0 Å². The zero-order chi connectivity index (χ0) is 12.3. The maximum atomic E-state index is 5.54. The first-order valence-corrected chi connectivity index (χ1v) is 7.02. The van der Waals surface area contributed by atoms with E-state index < -0.39 is 8.80 Å². The van der Waals surface area contributed by atoms with Gasteiger partial charge in [0.1, 0.15) is 0 Å². The molecule has 3 nitrogen and oxygen atoms in total. The molecule has 0 bridgehead atoms. The normalized spacial score (nSPS) is 14.4. The standard InChI is InChI=1S/C11H26O3Si/c1-10(2,3)9-11(4,5)15(12-6,13-7)14-8/h9H2,1-8H3. The zero-order valence-corrected chi connectivity index (χ0v) is 12.4. The summed E-state index contributed by atoms with van der Waals surface area (Å²) >= 11 is 0. The molecule has 4 heteroatoms. The van der Waals surface area contributed by atoms with Crippen molar-refractivity contribution in [3.05, 3.63) is 0 Å². The van der Waals surface area contributed by atoms with Crippen molar-refractivity contribution in [3.8, 4) is 0 Å². The van der Waals surface area contributed by atoms with Crippen LogP contribution in [0.5, 0.6) is 0 Å². The molecule has 0 aliphatic carbocycles. The monoisotopic (exact) mass is 234 g/mol. The van der Waals surface area contributed by atoms with Crippen molar-refractivity contribution in [2.45, 2.75) is 46.1 Å². The van der Waals surface area contributed by atoms with Gasteiger partial charge in [-0.1, -0.05) is 34.6 Å². The second kappa shape index (κ2) is 4.95. The van der Waals surface area contributed by atoms with Crippen molar-refractivity contribution in [1.82, 2.24) is 0 Å². The second-order valence-electron chi connectivity index (χ2n) is 5.79. The third kappa shape index (κ3) is 3.55. The van der Waals surface area contributed by atoms with Gasteiger partial charge in [0.05, 0.1) is 0 Å². The summed E-state index contributed by atoms with van der Waals surface area (Å²) in [7, 11) is 2.46. The van der Waals surface area contributed by atoms with Gasteiger partial charge in [-0.15, -0.1) is 0 Å². The highest BCUT2D eigenvalue weighted by atomic mass is 28.4. The number of hydrogen-bond donors (Lipinski definition) is 0. The van der Waals surface area contributed by atoms with Crippen LogP contribution in [0.3, 0.4) is 0 Å². The highest BCUT2D eigenvalue weighted by Crippen LogP contribution is 2.47. The summed E-state index contributed by atoms with van der Waals surface area (Å²) in [6.45, 7) is 11.0. The van der Waals surface area contributed by atoms with Crippen molar-refractivity contribution < 1.29 is 13.3 Å². The molecule has 0 aromatic carbocycles. The van der Waals surface area contributed by atoms with E-state index in [2.05, 4.69) is 34.6 Å². The summed E-state index contributed by atoms with van der Waals surface area (Å²) in [5, 5.41) is -0.0799. The average Bonchev–Trinajstić information content (AvgIpc) is 2.03. The molecule has 0 spiro atoms. The molecule has 0 aromatic heterocycles. The Hall–Kier alpha value is 0.0969. The third-order valence-electron chi connectivity index (χ3n) is 2.61. The van der Waals surface area contributed by atoms with E-state index in [9.17, 15) is 0 Å². The molecule has 15 heavy (non-hydrogen) atoms. The summed E-state index contributed by atoms with van der Waals surface area (Å²) in [4.78, 5) is 0. The van der Waals surface area contributed by atoms with Crippen molar-refractivity contribution >= 4 is 8.80 Å². The van der Waals surface area contributed by atoms with Crippen LogP contribution < -0.4 is 0 Å². The van der Waals surface area contributed by atoms with Crippen molar-refractivity contribution in [1.29, 1.82) is 0 Å². The van der Waals surface area contributed by atoms with Gasteiger partial charge in [-0.25, -0.2) is 0 Å². The van der Waals surface area contributed by atoms with E-state index in [0.717, 1.165) is 6.42 Å². The zero-order valence-electron chi connectivity index (χ0n) is 11.4. The van der Waals surface area contributed by atoms with E-state index in [1.54, 1.807) is 21.3 Å². The van der Waals surface area contributed by atoms with Crippen LogP contribution in [0, 0.1) is 5.41 Å². The lowest BCUT2D eigenvalue weighted by Crippen LogP contribution is -2.53. The molecule has 0 unspecified atom stereocenters. The van der Waals surface area contributed by atoms with Gasteiger partial charge in [0, 0.05) is 26.4 Å². The van der Waals surface area contributed by atoms with Gasteiger partial charge in [-0.2, -0.15) is 0 Å². The molecule has 0 aliphatic heterocycles. The predicted octanol–water partition coefficient (Wildman–Crippen LogP) is 3.08. The minimum Gasteiger partial charge on any atom is -0.377 e. The van der Waals surface area contributed by atoms with E-state index in [1.807, 2.05) is 0 Å². The topological polar surface area (TPSA) is 27.7 Å². The molecule has 0 amide bonds. The van der Waals surface area contributed by atoms with Crippen LogP contribution in [0.1, 0.15) is 41.0 Å². The summed E-state index contributed by atoms with van der Waals surface area (Å²) in [6, 6.07) is 0. The van der Waals surface area contributed by atoms with Crippen LogP contribution in [0.15, 0.2) is 0 Å². The van der Waals surface area contributed by atoms with Crippen LogP contribution in [-0.4, -0.2) is 30.1 Å². The lowest BCUT2D eigenvalue weighted by molar-refractivity contribution is 0.0841. The maximum Gasteiger partial charge on any atom is 0.506 e. The fourth-order valence-corrected chi connectivity index (χ4v) is 5.42. The van der Waals surface area contributed by atoms with E-state index >= 15 is 0 Å². The third-order valence-corrected chi connectivity index (χ3v) is 6.05. The SMILES string of the molecule is CO[Si](OC)(OC)C(C)(C)CC(C)(C)C. The van der Waals surface area contributed by atoms with Crippen molar-refractivity contribution in [2.75, 3.05) is 21.3 Å². The number of rotatable bonds is 5. The minimum atomic E-state index is -2.55. The smallest absolute Gasteiger partial charge is 0.377 e. The summed E-state index contributed by atoms with van der Waals surface area (Å²) in [5.41, 5.74) is 0.233. The molecule has 0 rings (SSSR count). The average molecular weight is 234 g/mol. The Kier molecular flexibility index (Phi) is 4.98.